The van der Waals surface area contributed by atoms with Crippen molar-refractivity contribution in [2.75, 3.05) is 12.8 Å². The number of aromatic nitrogens is 3. The van der Waals surface area contributed by atoms with Crippen molar-refractivity contribution >= 4 is 5.95 Å². The van der Waals surface area contributed by atoms with E-state index in [0.29, 0.717) is 11.7 Å². The monoisotopic (exact) mass is 224 g/mol. The lowest BCUT2D eigenvalue weighted by atomic mass is 10.1. The summed E-state index contributed by atoms with van der Waals surface area (Å²) in [6.07, 6.45) is 1.68. The maximum atomic E-state index is 5.66. The van der Waals surface area contributed by atoms with Gasteiger partial charge >= 0.3 is 0 Å². The average molecular weight is 224 g/mol. The van der Waals surface area contributed by atoms with Crippen molar-refractivity contribution in [3.63, 3.8) is 0 Å². The fraction of sp³-hybridized carbons (Fsp3) is 0.727. The number of rotatable bonds is 5. The van der Waals surface area contributed by atoms with E-state index in [1.807, 2.05) is 0 Å². The van der Waals surface area contributed by atoms with E-state index in [4.69, 9.17) is 10.5 Å². The molecule has 0 aromatic carbocycles. The second-order valence-electron chi connectivity index (χ2n) is 4.12. The first-order valence-corrected chi connectivity index (χ1v) is 5.61. The lowest BCUT2D eigenvalue weighted by Gasteiger charge is -2.18. The van der Waals surface area contributed by atoms with Crippen LogP contribution < -0.4 is 5.73 Å². The van der Waals surface area contributed by atoms with Crippen molar-refractivity contribution in [2.24, 2.45) is 5.92 Å². The number of ether oxygens (including phenoxy) is 1. The summed E-state index contributed by atoms with van der Waals surface area (Å²) in [6, 6.07) is 0. The summed E-state index contributed by atoms with van der Waals surface area (Å²) in [5.74, 6) is 1.96. The summed E-state index contributed by atoms with van der Waals surface area (Å²) in [5, 5.41) is 0. The zero-order valence-corrected chi connectivity index (χ0v) is 10.4. The Labute approximate surface area is 96.5 Å². The molecule has 0 amide bonds. The minimum Gasteiger partial charge on any atom is -0.373 e. The van der Waals surface area contributed by atoms with Crippen molar-refractivity contribution in [3.8, 4) is 0 Å². The van der Waals surface area contributed by atoms with Crippen molar-refractivity contribution in [3.05, 3.63) is 11.6 Å². The van der Waals surface area contributed by atoms with Crippen LogP contribution in [0.4, 0.5) is 5.95 Å². The Morgan fingerprint density at radius 1 is 1.25 bits per heavy atom. The molecule has 5 heteroatoms. The molecule has 0 saturated heterocycles. The van der Waals surface area contributed by atoms with Gasteiger partial charge in [0.05, 0.1) is 0 Å². The van der Waals surface area contributed by atoms with E-state index in [0.717, 1.165) is 18.7 Å². The van der Waals surface area contributed by atoms with E-state index in [2.05, 4.69) is 35.7 Å². The molecule has 90 valence electrons. The number of anilines is 1. The molecule has 0 spiro atoms. The van der Waals surface area contributed by atoms with Crippen LogP contribution in [-0.4, -0.2) is 22.1 Å². The molecule has 1 rings (SSSR count). The molecule has 5 nitrogen and oxygen atoms in total. The van der Waals surface area contributed by atoms with Gasteiger partial charge in [0.2, 0.25) is 5.95 Å². The van der Waals surface area contributed by atoms with E-state index < -0.39 is 0 Å². The fourth-order valence-corrected chi connectivity index (χ4v) is 1.60. The first-order chi connectivity index (χ1) is 7.58. The summed E-state index contributed by atoms with van der Waals surface area (Å²) >= 11 is 0. The second kappa shape index (κ2) is 5.75. The Morgan fingerprint density at radius 2 is 1.94 bits per heavy atom. The number of hydrogen-bond donors (Lipinski definition) is 1. The second-order valence-corrected chi connectivity index (χ2v) is 4.12. The van der Waals surface area contributed by atoms with Gasteiger partial charge in [-0.25, -0.2) is 4.98 Å². The van der Waals surface area contributed by atoms with Crippen LogP contribution in [0.1, 0.15) is 44.9 Å². The van der Waals surface area contributed by atoms with Gasteiger partial charge in [-0.15, -0.1) is 0 Å². The summed E-state index contributed by atoms with van der Waals surface area (Å²) in [7, 11) is 1.66. The van der Waals surface area contributed by atoms with Crippen LogP contribution in [0.15, 0.2) is 0 Å². The third-order valence-electron chi connectivity index (χ3n) is 2.30. The molecule has 1 unspecified atom stereocenters. The van der Waals surface area contributed by atoms with Crippen molar-refractivity contribution in [1.82, 2.24) is 15.0 Å². The minimum atomic E-state index is -0.124. The highest BCUT2D eigenvalue weighted by molar-refractivity contribution is 5.17. The highest BCUT2D eigenvalue weighted by Gasteiger charge is 2.19. The topological polar surface area (TPSA) is 73.9 Å². The highest BCUT2D eigenvalue weighted by Crippen LogP contribution is 2.22. The normalized spacial score (nSPS) is 13.1. The molecule has 0 aliphatic rings. The van der Waals surface area contributed by atoms with E-state index >= 15 is 0 Å². The first-order valence-electron chi connectivity index (χ1n) is 5.61. The van der Waals surface area contributed by atoms with Crippen molar-refractivity contribution < 1.29 is 4.74 Å². The number of nitrogens with two attached hydrogens (primary N) is 1. The third-order valence-corrected chi connectivity index (χ3v) is 2.30. The molecule has 0 saturated carbocycles. The predicted octanol–water partition coefficient (Wildman–Crippen LogP) is 1.75. The Bertz CT molecular complexity index is 341. The van der Waals surface area contributed by atoms with Crippen molar-refractivity contribution in [1.29, 1.82) is 0 Å². The highest BCUT2D eigenvalue weighted by atomic mass is 16.5. The molecule has 16 heavy (non-hydrogen) atoms. The standard InChI is InChI=1S/C11H20N4O/c1-5-6-8-13-10(15-11(12)14-8)9(16-4)7(2)3/h7,9H,5-6H2,1-4H3,(H2,12,13,14,15). The number of nitrogens with zero attached hydrogens (tertiary/aromatic N) is 3. The molecule has 1 aromatic heterocycles. The van der Waals surface area contributed by atoms with Crippen LogP contribution in [0, 0.1) is 5.92 Å². The van der Waals surface area contributed by atoms with Crippen LogP contribution >= 0.6 is 0 Å². The van der Waals surface area contributed by atoms with Gasteiger partial charge in [0.25, 0.3) is 0 Å². The van der Waals surface area contributed by atoms with Crippen molar-refractivity contribution in [2.45, 2.75) is 39.7 Å². The summed E-state index contributed by atoms with van der Waals surface area (Å²) < 4.78 is 5.38. The zero-order valence-electron chi connectivity index (χ0n) is 10.4. The molecule has 1 atom stereocenters. The van der Waals surface area contributed by atoms with Gasteiger partial charge in [0.15, 0.2) is 5.82 Å². The molecular weight excluding hydrogens is 204 g/mol. The minimum absolute atomic E-state index is 0.124. The van der Waals surface area contributed by atoms with Gasteiger partial charge in [-0.05, 0) is 12.3 Å². The van der Waals surface area contributed by atoms with Crippen LogP contribution in [0.2, 0.25) is 0 Å². The Morgan fingerprint density at radius 3 is 2.44 bits per heavy atom. The van der Waals surface area contributed by atoms with Gasteiger partial charge in [0.1, 0.15) is 11.9 Å². The largest absolute Gasteiger partial charge is 0.373 e. The molecule has 0 aliphatic carbocycles. The molecule has 1 aromatic rings. The zero-order chi connectivity index (χ0) is 12.1. The quantitative estimate of drug-likeness (QED) is 0.824. The summed E-state index contributed by atoms with van der Waals surface area (Å²) in [6.45, 7) is 6.21. The van der Waals surface area contributed by atoms with E-state index in [9.17, 15) is 0 Å². The van der Waals surface area contributed by atoms with Crippen LogP contribution in [0.5, 0.6) is 0 Å². The van der Waals surface area contributed by atoms with Crippen LogP contribution in [0.25, 0.3) is 0 Å². The van der Waals surface area contributed by atoms with Gasteiger partial charge in [-0.2, -0.15) is 9.97 Å². The predicted molar refractivity (Wildman–Crippen MR) is 62.8 cm³/mol. The lowest BCUT2D eigenvalue weighted by Crippen LogP contribution is -2.16. The number of methoxy groups -OCH3 is 1. The summed E-state index contributed by atoms with van der Waals surface area (Å²) in [4.78, 5) is 12.6. The van der Waals surface area contributed by atoms with Gasteiger partial charge in [0, 0.05) is 13.5 Å². The van der Waals surface area contributed by atoms with Gasteiger partial charge in [-0.1, -0.05) is 20.8 Å². The number of hydrogen-bond acceptors (Lipinski definition) is 5. The van der Waals surface area contributed by atoms with Crippen LogP contribution in [0.3, 0.4) is 0 Å². The smallest absolute Gasteiger partial charge is 0.223 e. The molecule has 0 radical (unpaired) electrons. The van der Waals surface area contributed by atoms with Crippen LogP contribution in [-0.2, 0) is 11.2 Å². The van der Waals surface area contributed by atoms with Gasteiger partial charge in [-0.3, -0.25) is 0 Å². The molecule has 2 N–H and O–H groups in total. The number of aryl methyl sites for hydroxylation is 1. The summed E-state index contributed by atoms with van der Waals surface area (Å²) in [5.41, 5.74) is 5.66. The molecule has 1 heterocycles. The lowest BCUT2D eigenvalue weighted by molar-refractivity contribution is 0.0572. The van der Waals surface area contributed by atoms with E-state index in [1.54, 1.807) is 7.11 Å². The Balaban J connectivity index is 3.02. The maximum Gasteiger partial charge on any atom is 0.223 e. The number of nitrogen functional groups attached to an aromatic ring is 1. The first kappa shape index (κ1) is 12.8. The van der Waals surface area contributed by atoms with E-state index in [1.165, 1.54) is 0 Å². The maximum absolute atomic E-state index is 5.66. The molecule has 0 bridgehead atoms. The SMILES string of the molecule is CCCc1nc(N)nc(C(OC)C(C)C)n1. The third kappa shape index (κ3) is 3.13. The van der Waals surface area contributed by atoms with E-state index in [-0.39, 0.29) is 12.1 Å². The van der Waals surface area contributed by atoms with Gasteiger partial charge < -0.3 is 10.5 Å². The Hall–Kier alpha value is -1.23. The Kier molecular flexibility index (Phi) is 4.61. The molecular formula is C11H20N4O. The molecule has 0 aliphatic heterocycles. The molecule has 0 fully saturated rings. The fourth-order valence-electron chi connectivity index (χ4n) is 1.60. The average Bonchev–Trinajstić information content (AvgIpc) is 2.17.